The summed E-state index contributed by atoms with van der Waals surface area (Å²) in [4.78, 5) is 17.7. The zero-order valence-electron chi connectivity index (χ0n) is 16.1. The van der Waals surface area contributed by atoms with Crippen molar-refractivity contribution in [3.63, 3.8) is 0 Å². The van der Waals surface area contributed by atoms with Crippen molar-refractivity contribution < 1.29 is 22.9 Å². The highest BCUT2D eigenvalue weighted by atomic mass is 19.4. The Morgan fingerprint density at radius 2 is 2.00 bits per heavy atom. The number of aromatic nitrogens is 3. The summed E-state index contributed by atoms with van der Waals surface area (Å²) in [6.07, 6.45) is 4.38. The lowest BCUT2D eigenvalue weighted by Gasteiger charge is -2.38. The van der Waals surface area contributed by atoms with E-state index in [0.29, 0.717) is 11.6 Å². The summed E-state index contributed by atoms with van der Waals surface area (Å²) in [5.74, 6) is 1.16. The number of carbonyl (C=O) groups is 1. The Balaban J connectivity index is 1.48. The van der Waals surface area contributed by atoms with Gasteiger partial charge in [-0.05, 0) is 43.4 Å². The number of anilines is 1. The molecule has 2 aliphatic rings. The first-order valence-electron chi connectivity index (χ1n) is 10.1. The van der Waals surface area contributed by atoms with Crippen molar-refractivity contribution >= 4 is 11.6 Å². The largest absolute Gasteiger partial charge is 0.416 e. The fraction of sp³-hybridized carbons (Fsp3) is 0.550. The topological polar surface area (TPSA) is 64.2 Å². The van der Waals surface area contributed by atoms with Gasteiger partial charge in [-0.1, -0.05) is 12.8 Å². The van der Waals surface area contributed by atoms with E-state index in [0.717, 1.165) is 37.6 Å². The molecule has 1 saturated heterocycles. The van der Waals surface area contributed by atoms with Gasteiger partial charge >= 0.3 is 6.18 Å². The molecular formula is C20H25F3N5O+. The molecule has 2 heterocycles. The number of nitrogens with one attached hydrogen (secondary N) is 2. The molecule has 4 rings (SSSR count). The van der Waals surface area contributed by atoms with Crippen LogP contribution >= 0.6 is 0 Å². The Morgan fingerprint density at radius 3 is 2.72 bits per heavy atom. The minimum absolute atomic E-state index is 0.0854. The first kappa shape index (κ1) is 19.9. The van der Waals surface area contributed by atoms with E-state index in [1.165, 1.54) is 54.0 Å². The molecule has 2 aromatic rings. The molecule has 3 atom stereocenters. The van der Waals surface area contributed by atoms with Crippen LogP contribution in [0.25, 0.3) is 5.69 Å². The smallest absolute Gasteiger partial charge is 0.327 e. The van der Waals surface area contributed by atoms with E-state index in [1.807, 2.05) is 0 Å². The van der Waals surface area contributed by atoms with E-state index in [1.54, 1.807) is 0 Å². The zero-order valence-corrected chi connectivity index (χ0v) is 16.1. The second-order valence-electron chi connectivity index (χ2n) is 8.09. The van der Waals surface area contributed by atoms with E-state index in [-0.39, 0.29) is 18.1 Å². The van der Waals surface area contributed by atoms with Crippen LogP contribution < -0.4 is 10.2 Å². The number of alkyl halides is 3. The molecule has 29 heavy (non-hydrogen) atoms. The Bertz CT molecular complexity index is 852. The van der Waals surface area contributed by atoms with Crippen molar-refractivity contribution in [2.24, 2.45) is 11.8 Å². The van der Waals surface area contributed by atoms with Crippen molar-refractivity contribution in [1.82, 2.24) is 14.8 Å². The van der Waals surface area contributed by atoms with Crippen LogP contribution in [0.4, 0.5) is 18.9 Å². The lowest BCUT2D eigenvalue weighted by atomic mass is 9.75. The summed E-state index contributed by atoms with van der Waals surface area (Å²) in [5, 5.41) is 6.66. The molecule has 1 amide bonds. The van der Waals surface area contributed by atoms with Crippen LogP contribution in [0.1, 0.15) is 37.7 Å². The molecule has 9 heteroatoms. The first-order valence-corrected chi connectivity index (χ1v) is 10.1. The molecule has 1 aliphatic heterocycles. The number of carbonyl (C=O) groups excluding carboxylic acids is 1. The molecule has 1 unspecified atom stereocenters. The Labute approximate surface area is 167 Å². The monoisotopic (exact) mass is 408 g/mol. The number of quaternary nitrogens is 1. The van der Waals surface area contributed by atoms with Gasteiger partial charge in [0.05, 0.1) is 30.0 Å². The summed E-state index contributed by atoms with van der Waals surface area (Å²) in [5.41, 5.74) is -0.376. The van der Waals surface area contributed by atoms with Crippen molar-refractivity contribution in [2.45, 2.75) is 38.3 Å². The molecule has 2 N–H and O–H groups in total. The molecule has 1 aliphatic carbocycles. The Hall–Kier alpha value is -2.42. The van der Waals surface area contributed by atoms with Gasteiger partial charge in [0, 0.05) is 5.92 Å². The summed E-state index contributed by atoms with van der Waals surface area (Å²) in [7, 11) is 0. The SMILES string of the molecule is O=C(C[NH+]1CC[C@H]2CCCC[C@@H]2C1)Nc1cc(C(F)(F)F)ccc1-n1cncn1. The third kappa shape index (κ3) is 4.60. The number of hydrogen-bond donors (Lipinski definition) is 2. The Morgan fingerprint density at radius 1 is 1.21 bits per heavy atom. The van der Waals surface area contributed by atoms with Gasteiger partial charge in [-0.15, -0.1) is 0 Å². The zero-order chi connectivity index (χ0) is 20.4. The maximum atomic E-state index is 13.2. The maximum absolute atomic E-state index is 13.2. The standard InChI is InChI=1S/C20H24F3N5O/c21-20(22,23)16-5-6-18(28-13-24-12-25-28)17(9-16)26-19(29)11-27-8-7-14-3-1-2-4-15(14)10-27/h5-6,9,12-15H,1-4,7-8,10-11H2,(H,26,29)/p+1/t14-,15-/m1/s1. The van der Waals surface area contributed by atoms with Crippen LogP contribution in [-0.4, -0.2) is 40.3 Å². The van der Waals surface area contributed by atoms with Crippen molar-refractivity contribution in [3.05, 3.63) is 36.4 Å². The number of halogens is 3. The maximum Gasteiger partial charge on any atom is 0.416 e. The highest BCUT2D eigenvalue weighted by molar-refractivity contribution is 5.93. The van der Waals surface area contributed by atoms with Crippen LogP contribution in [0.2, 0.25) is 0 Å². The lowest BCUT2D eigenvalue weighted by molar-refractivity contribution is -0.902. The number of amides is 1. The fourth-order valence-corrected chi connectivity index (χ4v) is 4.72. The van der Waals surface area contributed by atoms with Crippen LogP contribution in [-0.2, 0) is 11.0 Å². The van der Waals surface area contributed by atoms with E-state index < -0.39 is 11.7 Å². The summed E-state index contributed by atoms with van der Waals surface area (Å²) >= 11 is 0. The van der Waals surface area contributed by atoms with Gasteiger partial charge in [0.1, 0.15) is 12.7 Å². The van der Waals surface area contributed by atoms with Crippen molar-refractivity contribution in [1.29, 1.82) is 0 Å². The van der Waals surface area contributed by atoms with Crippen LogP contribution in [0, 0.1) is 11.8 Å². The van der Waals surface area contributed by atoms with Gasteiger partial charge in [0.15, 0.2) is 6.54 Å². The van der Waals surface area contributed by atoms with Crippen molar-refractivity contribution in [2.75, 3.05) is 25.0 Å². The van der Waals surface area contributed by atoms with Gasteiger partial charge < -0.3 is 10.2 Å². The van der Waals surface area contributed by atoms with Gasteiger partial charge in [-0.2, -0.15) is 18.3 Å². The number of rotatable bonds is 4. The minimum Gasteiger partial charge on any atom is -0.327 e. The number of benzene rings is 1. The van der Waals surface area contributed by atoms with E-state index >= 15 is 0 Å². The van der Waals surface area contributed by atoms with Gasteiger partial charge in [-0.25, -0.2) is 9.67 Å². The molecule has 0 spiro atoms. The second kappa shape index (κ2) is 8.14. The van der Waals surface area contributed by atoms with Gasteiger partial charge in [0.2, 0.25) is 0 Å². The molecule has 0 radical (unpaired) electrons. The third-order valence-corrected chi connectivity index (χ3v) is 6.16. The normalized spacial score (nSPS) is 24.7. The summed E-state index contributed by atoms with van der Waals surface area (Å²) in [6.45, 7) is 2.17. The average Bonchev–Trinajstić information content (AvgIpc) is 3.21. The number of nitrogens with zero attached hydrogens (tertiary/aromatic N) is 3. The summed E-state index contributed by atoms with van der Waals surface area (Å²) < 4.78 is 40.8. The Kier molecular flexibility index (Phi) is 5.58. The molecular weight excluding hydrogens is 383 g/mol. The molecule has 2 fully saturated rings. The van der Waals surface area contributed by atoms with Crippen LogP contribution in [0.3, 0.4) is 0 Å². The highest BCUT2D eigenvalue weighted by Crippen LogP contribution is 2.34. The van der Waals surface area contributed by atoms with Crippen LogP contribution in [0.5, 0.6) is 0 Å². The number of fused-ring (bicyclic) bond motifs is 1. The minimum atomic E-state index is -4.49. The number of hydrogen-bond acceptors (Lipinski definition) is 3. The van der Waals surface area contributed by atoms with Crippen molar-refractivity contribution in [3.8, 4) is 5.69 Å². The quantitative estimate of drug-likeness (QED) is 0.816. The molecule has 1 aromatic heterocycles. The highest BCUT2D eigenvalue weighted by Gasteiger charge is 2.35. The molecule has 1 aromatic carbocycles. The lowest BCUT2D eigenvalue weighted by Crippen LogP contribution is -3.15. The van der Waals surface area contributed by atoms with Crippen LogP contribution in [0.15, 0.2) is 30.9 Å². The van der Waals surface area contributed by atoms with Gasteiger partial charge in [0.25, 0.3) is 5.91 Å². The number of likely N-dealkylation sites (tertiary alicyclic amines) is 1. The summed E-state index contributed by atoms with van der Waals surface area (Å²) in [6, 6.07) is 3.23. The fourth-order valence-electron chi connectivity index (χ4n) is 4.72. The predicted molar refractivity (Wildman–Crippen MR) is 101 cm³/mol. The van der Waals surface area contributed by atoms with E-state index in [9.17, 15) is 18.0 Å². The molecule has 6 nitrogen and oxygen atoms in total. The van der Waals surface area contributed by atoms with E-state index in [2.05, 4.69) is 15.4 Å². The van der Waals surface area contributed by atoms with E-state index in [4.69, 9.17) is 0 Å². The third-order valence-electron chi connectivity index (χ3n) is 6.16. The average molecular weight is 408 g/mol. The number of piperidine rings is 1. The first-order chi connectivity index (χ1) is 13.9. The molecule has 1 saturated carbocycles. The molecule has 0 bridgehead atoms. The second-order valence-corrected chi connectivity index (χ2v) is 8.09. The predicted octanol–water partition coefficient (Wildman–Crippen LogP) is 2.32. The molecule has 156 valence electrons. The van der Waals surface area contributed by atoms with Gasteiger partial charge in [-0.3, -0.25) is 4.79 Å².